The predicted molar refractivity (Wildman–Crippen MR) is 216 cm³/mol. The zero-order valence-electron chi connectivity index (χ0n) is 29.6. The molecule has 0 bridgehead atoms. The van der Waals surface area contributed by atoms with Crippen molar-refractivity contribution in [2.24, 2.45) is 5.73 Å². The van der Waals surface area contributed by atoms with Crippen LogP contribution < -0.4 is 16.4 Å². The number of aromatic nitrogens is 8. The van der Waals surface area contributed by atoms with Gasteiger partial charge < -0.3 is 26.3 Å². The van der Waals surface area contributed by atoms with Gasteiger partial charge >= 0.3 is 0 Å². The van der Waals surface area contributed by atoms with E-state index in [1.165, 1.54) is 28.9 Å². The number of amides is 3. The molecule has 0 fully saturated rings. The van der Waals surface area contributed by atoms with Crippen molar-refractivity contribution in [3.8, 4) is 22.8 Å². The van der Waals surface area contributed by atoms with Crippen LogP contribution in [0.4, 0.5) is 0 Å². The molecule has 8 heterocycles. The number of hydrogen-bond acceptors (Lipinski definition) is 16. The first-order chi connectivity index (χ1) is 28.1. The maximum absolute atomic E-state index is 14.0. The highest BCUT2D eigenvalue weighted by Gasteiger charge is 2.32. The molecule has 6 N–H and O–H groups in total. The smallest absolute Gasteiger partial charge is 0.287 e. The van der Waals surface area contributed by atoms with E-state index >= 15 is 0 Å². The van der Waals surface area contributed by atoms with E-state index in [4.69, 9.17) is 5.73 Å². The zero-order chi connectivity index (χ0) is 40.3. The first-order valence-electron chi connectivity index (χ1n) is 17.3. The number of fused-ring (bicyclic) bond motifs is 2. The van der Waals surface area contributed by atoms with Crippen LogP contribution in [0.15, 0.2) is 78.0 Å². The maximum atomic E-state index is 14.0. The average molecular weight is 850 g/mol. The maximum Gasteiger partial charge on any atom is 0.287 e. The van der Waals surface area contributed by atoms with Gasteiger partial charge in [-0.3, -0.25) is 38.7 Å². The Morgan fingerprint density at radius 2 is 1.29 bits per heavy atom. The van der Waals surface area contributed by atoms with E-state index in [1.54, 1.807) is 60.2 Å². The Labute approximate surface area is 342 Å². The van der Waals surface area contributed by atoms with E-state index < -0.39 is 47.2 Å². The summed E-state index contributed by atoms with van der Waals surface area (Å²) in [6.45, 7) is 0. The summed E-state index contributed by atoms with van der Waals surface area (Å²) in [6.07, 6.45) is 6.30. The van der Waals surface area contributed by atoms with Crippen LogP contribution in [0.1, 0.15) is 37.8 Å². The number of thiophene rings is 2. The van der Waals surface area contributed by atoms with E-state index in [-0.39, 0.29) is 42.0 Å². The summed E-state index contributed by atoms with van der Waals surface area (Å²) in [5.74, 6) is -5.28. The predicted octanol–water partition coefficient (Wildman–Crippen LogP) is 3.72. The number of pyridine rings is 2. The van der Waals surface area contributed by atoms with Crippen LogP contribution in [0.3, 0.4) is 0 Å². The Kier molecular flexibility index (Phi) is 10.8. The molecule has 17 nitrogen and oxygen atoms in total. The molecule has 290 valence electrons. The first kappa shape index (κ1) is 38.2. The lowest BCUT2D eigenvalue weighted by Gasteiger charge is -2.16. The number of nitrogens with two attached hydrogens (primary N) is 1. The average Bonchev–Trinajstić information content (AvgIpc) is 4.09. The highest BCUT2D eigenvalue weighted by Crippen LogP contribution is 2.30. The second-order valence-electron chi connectivity index (χ2n) is 12.8. The van der Waals surface area contributed by atoms with E-state index in [0.717, 1.165) is 39.1 Å². The lowest BCUT2D eigenvalue weighted by molar-refractivity contribution is -0.137. The standard InChI is InChI=1S/C37H27N11O6S4/c38-34(52)33(51)25(44-36(54)31-29(46-58-48-31)23-6-2-4-8-41-23)9-17-16-56-37-20(17)11-19(42-37)12-26(49)32(50)24(10-18-15-55-27-14-39-13-21(18)27)43-35(53)30-28(45-57-47-30)22-5-1-3-7-40-22/h1-8,11,13-16,24-25,39,42H,9-10,12H2,(H2,38,52)(H,43,53)(H,44,54). The van der Waals surface area contributed by atoms with Crippen LogP contribution >= 0.6 is 46.1 Å². The van der Waals surface area contributed by atoms with Crippen molar-refractivity contribution >= 4 is 102 Å². The lowest BCUT2D eigenvalue weighted by atomic mass is 9.97. The zero-order valence-corrected chi connectivity index (χ0v) is 32.9. The highest BCUT2D eigenvalue weighted by molar-refractivity contribution is 7.17. The topological polar surface area (TPSA) is 261 Å². The number of H-pyrrole nitrogens is 2. The molecule has 8 aromatic heterocycles. The van der Waals surface area contributed by atoms with Gasteiger partial charge in [-0.1, -0.05) is 12.1 Å². The molecule has 8 aromatic rings. The molecule has 0 aromatic carbocycles. The van der Waals surface area contributed by atoms with Gasteiger partial charge in [0.1, 0.15) is 22.3 Å². The Morgan fingerprint density at radius 1 is 0.707 bits per heavy atom. The summed E-state index contributed by atoms with van der Waals surface area (Å²) < 4.78 is 17.6. The molecule has 0 aliphatic rings. The van der Waals surface area contributed by atoms with Crippen LogP contribution in [0.25, 0.3) is 43.1 Å². The normalized spacial score (nSPS) is 12.3. The molecule has 8 rings (SSSR count). The number of nitrogens with zero attached hydrogens (tertiary/aromatic N) is 6. The third-order valence-corrected chi connectivity index (χ3v) is 12.1. The van der Waals surface area contributed by atoms with E-state index in [1.807, 2.05) is 11.6 Å². The number of nitrogens with one attached hydrogen (secondary N) is 4. The van der Waals surface area contributed by atoms with Gasteiger partial charge in [-0.05, 0) is 52.2 Å². The number of aromatic amines is 2. The van der Waals surface area contributed by atoms with Gasteiger partial charge in [0.05, 0.1) is 52.0 Å². The molecule has 0 aliphatic heterocycles. The summed E-state index contributed by atoms with van der Waals surface area (Å²) in [4.78, 5) is 95.1. The summed E-state index contributed by atoms with van der Waals surface area (Å²) in [5, 5.41) is 10.4. The molecule has 0 radical (unpaired) electrons. The number of rotatable bonds is 16. The Hall–Kier alpha value is -6.68. The molecule has 0 saturated heterocycles. The van der Waals surface area contributed by atoms with Crippen molar-refractivity contribution in [2.45, 2.75) is 31.3 Å². The monoisotopic (exact) mass is 849 g/mol. The molecule has 0 spiro atoms. The highest BCUT2D eigenvalue weighted by atomic mass is 32.1. The fraction of sp³-hybridized carbons (Fsp3) is 0.135. The Balaban J connectivity index is 1.01. The van der Waals surface area contributed by atoms with Gasteiger partial charge in [-0.2, -0.15) is 17.5 Å². The second kappa shape index (κ2) is 16.4. The lowest BCUT2D eigenvalue weighted by Crippen LogP contribution is -2.47. The third kappa shape index (κ3) is 7.82. The van der Waals surface area contributed by atoms with Crippen LogP contribution in [0.5, 0.6) is 0 Å². The van der Waals surface area contributed by atoms with Crippen molar-refractivity contribution in [1.29, 1.82) is 0 Å². The first-order valence-corrected chi connectivity index (χ1v) is 20.5. The van der Waals surface area contributed by atoms with E-state index in [9.17, 15) is 28.8 Å². The fourth-order valence-corrected chi connectivity index (χ4v) is 9.32. The molecule has 3 amide bonds. The number of carbonyl (C=O) groups is 6. The van der Waals surface area contributed by atoms with Crippen molar-refractivity contribution < 1.29 is 28.8 Å². The van der Waals surface area contributed by atoms with Crippen molar-refractivity contribution in [3.63, 3.8) is 0 Å². The second-order valence-corrected chi connectivity index (χ2v) is 15.6. The van der Waals surface area contributed by atoms with Crippen molar-refractivity contribution in [1.82, 2.24) is 48.1 Å². The summed E-state index contributed by atoms with van der Waals surface area (Å²) in [5.41, 5.74) is 8.31. The number of primary amides is 1. The largest absolute Gasteiger partial charge is 0.366 e. The van der Waals surface area contributed by atoms with Gasteiger partial charge in [-0.25, -0.2) is 0 Å². The quantitative estimate of drug-likeness (QED) is 0.0872. The van der Waals surface area contributed by atoms with Gasteiger partial charge in [0.15, 0.2) is 11.4 Å². The van der Waals surface area contributed by atoms with Gasteiger partial charge in [0.2, 0.25) is 17.3 Å². The summed E-state index contributed by atoms with van der Waals surface area (Å²) >= 11 is 4.35. The number of carbonyl (C=O) groups excluding carboxylic acids is 6. The molecule has 2 unspecified atom stereocenters. The molecular formula is C37H27N11O6S4. The van der Waals surface area contributed by atoms with Crippen molar-refractivity contribution in [3.05, 3.63) is 106 Å². The summed E-state index contributed by atoms with van der Waals surface area (Å²) in [6, 6.07) is 9.31. The molecule has 0 saturated carbocycles. The minimum Gasteiger partial charge on any atom is -0.366 e. The SMILES string of the molecule is NC(=O)C(=O)C(Cc1csc2[nH]c(CC(=O)C(=O)C(Cc3csc4c[nH]cc34)NC(=O)c3nsnc3-c3ccccn3)cc12)NC(=O)c1nsnc1-c1ccccn1. The van der Waals surface area contributed by atoms with Crippen LogP contribution in [-0.2, 0) is 38.4 Å². The van der Waals surface area contributed by atoms with E-state index in [2.05, 4.69) is 48.1 Å². The van der Waals surface area contributed by atoms with Crippen LogP contribution in [0, 0.1) is 0 Å². The third-order valence-electron chi connectivity index (χ3n) is 9.07. The fourth-order valence-electron chi connectivity index (χ4n) is 6.28. The minimum atomic E-state index is -1.36. The number of hydrogen-bond donors (Lipinski definition) is 5. The molecule has 0 aliphatic carbocycles. The van der Waals surface area contributed by atoms with Crippen LogP contribution in [-0.4, -0.2) is 84.6 Å². The van der Waals surface area contributed by atoms with E-state index in [0.29, 0.717) is 32.9 Å². The molecule has 21 heteroatoms. The Morgan fingerprint density at radius 3 is 1.88 bits per heavy atom. The Bertz CT molecular complexity index is 2840. The van der Waals surface area contributed by atoms with Crippen LogP contribution in [0.2, 0.25) is 0 Å². The van der Waals surface area contributed by atoms with Gasteiger partial charge in [0, 0.05) is 54.1 Å². The molecule has 2 atom stereocenters. The van der Waals surface area contributed by atoms with Gasteiger partial charge in [-0.15, -0.1) is 22.7 Å². The van der Waals surface area contributed by atoms with Crippen molar-refractivity contribution in [2.75, 3.05) is 0 Å². The number of ketones is 3. The molecular weight excluding hydrogens is 823 g/mol. The molecule has 58 heavy (non-hydrogen) atoms. The minimum absolute atomic E-state index is 0.0237. The van der Waals surface area contributed by atoms with Gasteiger partial charge in [0.25, 0.3) is 17.7 Å². The summed E-state index contributed by atoms with van der Waals surface area (Å²) in [7, 11) is 0. The number of Topliss-reactive ketones (excluding diaryl/α,β-unsaturated/α-hetero) is 3.